The summed E-state index contributed by atoms with van der Waals surface area (Å²) in [7, 11) is 0. The highest BCUT2D eigenvalue weighted by molar-refractivity contribution is 7.78. The number of aliphatic imine (C=N–C) groups is 1. The number of hydrogen-bond donors (Lipinski definition) is 0. The summed E-state index contributed by atoms with van der Waals surface area (Å²) in [4.78, 5) is 3.58. The summed E-state index contributed by atoms with van der Waals surface area (Å²) >= 11 is 4.45. The number of hydrogen-bond acceptors (Lipinski definition) is 2. The van der Waals surface area contributed by atoms with Crippen LogP contribution in [0.15, 0.2) is 29.3 Å². The number of thiocarbonyl (C=S) groups is 1. The number of halogens is 3. The van der Waals surface area contributed by atoms with E-state index in [1.165, 1.54) is 18.2 Å². The Hall–Kier alpha value is -1.97. The second-order valence-corrected chi connectivity index (χ2v) is 6.63. The molecule has 1 nitrogen and oxygen atoms in total. The van der Waals surface area contributed by atoms with Gasteiger partial charge in [-0.05, 0) is 72.3 Å². The summed E-state index contributed by atoms with van der Waals surface area (Å²) in [5, 5.41) is 2.08. The van der Waals surface area contributed by atoms with E-state index in [4.69, 9.17) is 0 Å². The maximum absolute atomic E-state index is 15.0. The van der Waals surface area contributed by atoms with E-state index >= 15 is 0 Å². The Kier molecular flexibility index (Phi) is 5.36. The zero-order valence-electron chi connectivity index (χ0n) is 13.9. The van der Waals surface area contributed by atoms with Gasteiger partial charge in [0.25, 0.3) is 0 Å². The van der Waals surface area contributed by atoms with Crippen molar-refractivity contribution >= 4 is 23.1 Å². The predicted molar refractivity (Wildman–Crippen MR) is 96.9 cm³/mol. The van der Waals surface area contributed by atoms with Gasteiger partial charge in [0, 0.05) is 0 Å². The smallest absolute Gasteiger partial charge is 0.150 e. The van der Waals surface area contributed by atoms with Crippen molar-refractivity contribution in [3.63, 3.8) is 0 Å². The lowest BCUT2D eigenvalue weighted by molar-refractivity contribution is 0.412. The lowest BCUT2D eigenvalue weighted by Gasteiger charge is -2.26. The van der Waals surface area contributed by atoms with Crippen LogP contribution in [0.2, 0.25) is 0 Å². The Balaban J connectivity index is 2.04. The molecular formula is C20H18F3NS. The van der Waals surface area contributed by atoms with Gasteiger partial charge in [-0.25, -0.2) is 13.2 Å². The summed E-state index contributed by atoms with van der Waals surface area (Å²) in [6, 6.07) is 5.30. The number of fused-ring (bicyclic) bond motifs is 1. The van der Waals surface area contributed by atoms with Gasteiger partial charge >= 0.3 is 0 Å². The molecule has 0 heterocycles. The van der Waals surface area contributed by atoms with E-state index in [9.17, 15) is 13.2 Å². The Labute approximate surface area is 150 Å². The first-order valence-electron chi connectivity index (χ1n) is 8.42. The van der Waals surface area contributed by atoms with E-state index in [2.05, 4.69) is 29.3 Å². The lowest BCUT2D eigenvalue weighted by Crippen LogP contribution is -2.16. The molecule has 0 aliphatic heterocycles. The SMILES string of the molecule is CCCC1CCc2c(cc(F)c(-c3ccc(N=C=S)c(F)c3)c2F)C1. The molecule has 0 bridgehead atoms. The molecule has 0 aromatic heterocycles. The Morgan fingerprint density at radius 2 is 2.00 bits per heavy atom. The van der Waals surface area contributed by atoms with Crippen molar-refractivity contribution < 1.29 is 13.2 Å². The van der Waals surface area contributed by atoms with Crippen LogP contribution in [0.3, 0.4) is 0 Å². The molecule has 3 rings (SSSR count). The summed E-state index contributed by atoms with van der Waals surface area (Å²) in [6.07, 6.45) is 4.33. The number of rotatable bonds is 4. The minimum absolute atomic E-state index is 0.0000613. The molecule has 2 aromatic rings. The van der Waals surface area contributed by atoms with E-state index < -0.39 is 17.5 Å². The number of benzene rings is 2. The third-order valence-corrected chi connectivity index (χ3v) is 4.91. The summed E-state index contributed by atoms with van der Waals surface area (Å²) in [6.45, 7) is 2.12. The first-order chi connectivity index (χ1) is 12.0. The van der Waals surface area contributed by atoms with Crippen LogP contribution in [0.25, 0.3) is 11.1 Å². The first kappa shape index (κ1) is 17.8. The van der Waals surface area contributed by atoms with E-state index in [1.54, 1.807) is 0 Å². The molecule has 0 saturated heterocycles. The van der Waals surface area contributed by atoms with Crippen molar-refractivity contribution in [2.75, 3.05) is 0 Å². The number of nitrogens with zero attached hydrogens (tertiary/aromatic N) is 1. The van der Waals surface area contributed by atoms with Crippen molar-refractivity contribution in [1.82, 2.24) is 0 Å². The van der Waals surface area contributed by atoms with Crippen LogP contribution in [0, 0.1) is 23.4 Å². The molecule has 1 unspecified atom stereocenters. The van der Waals surface area contributed by atoms with Gasteiger partial charge in [-0.1, -0.05) is 25.8 Å². The quantitative estimate of drug-likeness (QED) is 0.453. The molecule has 2 aromatic carbocycles. The molecule has 0 radical (unpaired) electrons. The van der Waals surface area contributed by atoms with Crippen LogP contribution >= 0.6 is 12.2 Å². The van der Waals surface area contributed by atoms with Gasteiger partial charge in [0.2, 0.25) is 0 Å². The van der Waals surface area contributed by atoms with Crippen LogP contribution in [0.1, 0.15) is 37.3 Å². The predicted octanol–water partition coefficient (Wildman–Crippen LogP) is 6.41. The zero-order chi connectivity index (χ0) is 18.0. The van der Waals surface area contributed by atoms with Crippen molar-refractivity contribution in [1.29, 1.82) is 0 Å². The fraction of sp³-hybridized carbons (Fsp3) is 0.350. The summed E-state index contributed by atoms with van der Waals surface area (Å²) in [5.74, 6) is -1.44. The topological polar surface area (TPSA) is 12.4 Å². The standard InChI is InChI=1S/C20H18F3NS/c1-2-3-12-4-6-15-14(8-12)10-17(22)19(20(15)23)13-5-7-18(24-11-25)16(21)9-13/h5,7,9-10,12H,2-4,6,8H2,1H3. The average molecular weight is 361 g/mol. The molecule has 0 spiro atoms. The van der Waals surface area contributed by atoms with Gasteiger partial charge in [0.05, 0.1) is 10.7 Å². The van der Waals surface area contributed by atoms with Crippen LogP contribution in [-0.2, 0) is 12.8 Å². The molecule has 5 heteroatoms. The van der Waals surface area contributed by atoms with Crippen LogP contribution in [-0.4, -0.2) is 5.16 Å². The summed E-state index contributed by atoms with van der Waals surface area (Å²) in [5.41, 5.74) is 1.29. The number of isothiocyanates is 1. The van der Waals surface area contributed by atoms with E-state index in [0.29, 0.717) is 24.3 Å². The molecule has 0 amide bonds. The van der Waals surface area contributed by atoms with Gasteiger partial charge in [0.15, 0.2) is 0 Å². The van der Waals surface area contributed by atoms with Crippen molar-refractivity contribution in [3.05, 3.63) is 52.8 Å². The van der Waals surface area contributed by atoms with E-state index in [-0.39, 0.29) is 16.8 Å². The zero-order valence-corrected chi connectivity index (χ0v) is 14.7. The highest BCUT2D eigenvalue weighted by Crippen LogP contribution is 2.37. The lowest BCUT2D eigenvalue weighted by atomic mass is 9.80. The minimum Gasteiger partial charge on any atom is -0.206 e. The average Bonchev–Trinajstić information content (AvgIpc) is 2.57. The molecule has 1 atom stereocenters. The highest BCUT2D eigenvalue weighted by Gasteiger charge is 2.25. The molecule has 1 aliphatic carbocycles. The maximum Gasteiger partial charge on any atom is 0.150 e. The van der Waals surface area contributed by atoms with Gasteiger partial charge in [0.1, 0.15) is 23.1 Å². The van der Waals surface area contributed by atoms with Gasteiger partial charge in [-0.2, -0.15) is 4.99 Å². The highest BCUT2D eigenvalue weighted by atomic mass is 32.1. The fourth-order valence-corrected chi connectivity index (χ4v) is 3.74. The Morgan fingerprint density at radius 1 is 1.20 bits per heavy atom. The van der Waals surface area contributed by atoms with Crippen molar-refractivity contribution in [3.8, 4) is 11.1 Å². The minimum atomic E-state index is -0.686. The molecule has 0 N–H and O–H groups in total. The fourth-order valence-electron chi connectivity index (χ4n) is 3.64. The van der Waals surface area contributed by atoms with Crippen LogP contribution in [0.5, 0.6) is 0 Å². The van der Waals surface area contributed by atoms with Crippen LogP contribution in [0.4, 0.5) is 18.9 Å². The normalized spacial score (nSPS) is 16.2. The van der Waals surface area contributed by atoms with E-state index in [0.717, 1.165) is 30.9 Å². The third-order valence-electron chi connectivity index (χ3n) is 4.82. The largest absolute Gasteiger partial charge is 0.206 e. The van der Waals surface area contributed by atoms with Gasteiger partial charge < -0.3 is 0 Å². The molecule has 0 saturated carbocycles. The molecule has 25 heavy (non-hydrogen) atoms. The third kappa shape index (κ3) is 3.53. The van der Waals surface area contributed by atoms with Crippen LogP contribution < -0.4 is 0 Å². The van der Waals surface area contributed by atoms with Crippen molar-refractivity contribution in [2.45, 2.75) is 39.0 Å². The van der Waals surface area contributed by atoms with Crippen molar-refractivity contribution in [2.24, 2.45) is 10.9 Å². The Morgan fingerprint density at radius 3 is 2.68 bits per heavy atom. The monoisotopic (exact) mass is 361 g/mol. The van der Waals surface area contributed by atoms with Gasteiger partial charge in [-0.3, -0.25) is 0 Å². The molecule has 0 fully saturated rings. The summed E-state index contributed by atoms with van der Waals surface area (Å²) < 4.78 is 43.6. The van der Waals surface area contributed by atoms with Gasteiger partial charge in [-0.15, -0.1) is 0 Å². The Bertz CT molecular complexity index is 857. The van der Waals surface area contributed by atoms with E-state index in [1.807, 2.05) is 0 Å². The second kappa shape index (κ2) is 7.51. The maximum atomic E-state index is 15.0. The molecule has 1 aliphatic rings. The molecular weight excluding hydrogens is 343 g/mol. The first-order valence-corrected chi connectivity index (χ1v) is 8.83. The second-order valence-electron chi connectivity index (χ2n) is 6.45. The molecule has 130 valence electrons.